The molecule has 2 N–H and O–H groups in total. The minimum Gasteiger partial charge on any atom is -0.396 e. The fraction of sp³-hybridized carbons (Fsp3) is 0.538. The van der Waals surface area contributed by atoms with E-state index < -0.39 is 0 Å². The molecule has 0 fully saturated rings. The van der Waals surface area contributed by atoms with Crippen LogP contribution in [0, 0.1) is 17.0 Å². The quantitative estimate of drug-likeness (QED) is 0.550. The summed E-state index contributed by atoms with van der Waals surface area (Å²) in [5.41, 5.74) is 1.68. The molecule has 6 heteroatoms. The molecule has 0 bridgehead atoms. The second kappa shape index (κ2) is 7.83. The monoisotopic (exact) mass is 268 g/mol. The highest BCUT2D eigenvalue weighted by Gasteiger charge is 2.14. The topological polar surface area (TPSA) is 84.6 Å². The van der Waals surface area contributed by atoms with Crippen LogP contribution in [0.4, 0.5) is 5.69 Å². The molecule has 1 aromatic carbocycles. The maximum Gasteiger partial charge on any atom is 0.272 e. The van der Waals surface area contributed by atoms with E-state index >= 15 is 0 Å². The van der Waals surface area contributed by atoms with Gasteiger partial charge in [-0.2, -0.15) is 0 Å². The molecular formula is C13H20N2O4. The van der Waals surface area contributed by atoms with Crippen LogP contribution in [0.15, 0.2) is 18.2 Å². The van der Waals surface area contributed by atoms with Crippen molar-refractivity contribution in [3.8, 4) is 0 Å². The van der Waals surface area contributed by atoms with Crippen molar-refractivity contribution in [2.24, 2.45) is 0 Å². The first-order valence-corrected chi connectivity index (χ1v) is 6.16. The SMILES string of the molecule is COCC(CCO)NCc1cccc([N+](=O)[O-])c1C. The van der Waals surface area contributed by atoms with E-state index in [1.807, 2.05) is 6.07 Å². The lowest BCUT2D eigenvalue weighted by Gasteiger charge is -2.17. The molecule has 0 aliphatic heterocycles. The molecule has 6 nitrogen and oxygen atoms in total. The zero-order valence-electron chi connectivity index (χ0n) is 11.3. The van der Waals surface area contributed by atoms with Crippen molar-refractivity contribution < 1.29 is 14.8 Å². The minimum absolute atomic E-state index is 0.0358. The molecule has 0 saturated carbocycles. The number of nitrogens with zero attached hydrogens (tertiary/aromatic N) is 1. The van der Waals surface area contributed by atoms with Crippen LogP contribution in [0.3, 0.4) is 0 Å². The molecule has 0 aliphatic rings. The van der Waals surface area contributed by atoms with E-state index in [1.165, 1.54) is 6.07 Å². The van der Waals surface area contributed by atoms with Crippen LogP contribution in [0.2, 0.25) is 0 Å². The minimum atomic E-state index is -0.376. The predicted molar refractivity (Wildman–Crippen MR) is 72.0 cm³/mol. The van der Waals surface area contributed by atoms with Crippen molar-refractivity contribution >= 4 is 5.69 Å². The van der Waals surface area contributed by atoms with E-state index in [0.29, 0.717) is 25.1 Å². The Morgan fingerprint density at radius 3 is 2.84 bits per heavy atom. The fourth-order valence-corrected chi connectivity index (χ4v) is 1.91. The second-order valence-corrected chi connectivity index (χ2v) is 4.36. The summed E-state index contributed by atoms with van der Waals surface area (Å²) in [5, 5.41) is 23.0. The molecule has 0 aliphatic carbocycles. The Balaban J connectivity index is 2.71. The van der Waals surface area contributed by atoms with Crippen molar-refractivity contribution in [3.63, 3.8) is 0 Å². The number of nitro benzene ring substituents is 1. The molecule has 1 atom stereocenters. The van der Waals surface area contributed by atoms with Crippen LogP contribution >= 0.6 is 0 Å². The molecule has 19 heavy (non-hydrogen) atoms. The van der Waals surface area contributed by atoms with Gasteiger partial charge in [0, 0.05) is 37.9 Å². The standard InChI is InChI=1S/C13H20N2O4/c1-10-11(4-3-5-13(10)15(17)18)8-14-12(6-7-16)9-19-2/h3-5,12,14,16H,6-9H2,1-2H3. The van der Waals surface area contributed by atoms with Gasteiger partial charge in [0.1, 0.15) is 0 Å². The lowest BCUT2D eigenvalue weighted by molar-refractivity contribution is -0.385. The van der Waals surface area contributed by atoms with Gasteiger partial charge in [-0.3, -0.25) is 10.1 Å². The molecule has 0 spiro atoms. The van der Waals surface area contributed by atoms with Gasteiger partial charge in [0.2, 0.25) is 0 Å². The highest BCUT2D eigenvalue weighted by atomic mass is 16.6. The number of aliphatic hydroxyl groups excluding tert-OH is 1. The first-order valence-electron chi connectivity index (χ1n) is 6.16. The first-order chi connectivity index (χ1) is 9.10. The van der Waals surface area contributed by atoms with E-state index in [1.54, 1.807) is 20.1 Å². The number of nitrogens with one attached hydrogen (secondary N) is 1. The van der Waals surface area contributed by atoms with Crippen molar-refractivity contribution in [2.45, 2.75) is 25.9 Å². The van der Waals surface area contributed by atoms with Gasteiger partial charge in [0.15, 0.2) is 0 Å². The summed E-state index contributed by atoms with van der Waals surface area (Å²) >= 11 is 0. The van der Waals surface area contributed by atoms with Crippen LogP contribution < -0.4 is 5.32 Å². The Hall–Kier alpha value is -1.50. The van der Waals surface area contributed by atoms with E-state index in [9.17, 15) is 10.1 Å². The van der Waals surface area contributed by atoms with Crippen molar-refractivity contribution in [1.29, 1.82) is 0 Å². The number of aliphatic hydroxyl groups is 1. The maximum atomic E-state index is 10.8. The lowest BCUT2D eigenvalue weighted by Crippen LogP contribution is -2.33. The third kappa shape index (κ3) is 4.59. The van der Waals surface area contributed by atoms with Gasteiger partial charge >= 0.3 is 0 Å². The summed E-state index contributed by atoms with van der Waals surface area (Å²) in [5.74, 6) is 0. The van der Waals surface area contributed by atoms with Gasteiger partial charge in [-0.05, 0) is 18.9 Å². The summed E-state index contributed by atoms with van der Waals surface area (Å²) in [6, 6.07) is 5.07. The third-order valence-corrected chi connectivity index (χ3v) is 3.04. The average molecular weight is 268 g/mol. The normalized spacial score (nSPS) is 12.4. The van der Waals surface area contributed by atoms with E-state index in [-0.39, 0.29) is 23.3 Å². The Bertz CT molecular complexity index is 417. The number of benzene rings is 1. The Labute approximate surface area is 112 Å². The Morgan fingerprint density at radius 2 is 2.26 bits per heavy atom. The molecule has 1 aromatic rings. The third-order valence-electron chi connectivity index (χ3n) is 3.04. The van der Waals surface area contributed by atoms with Gasteiger partial charge in [-0.25, -0.2) is 0 Å². The average Bonchev–Trinajstić information content (AvgIpc) is 2.37. The molecule has 106 valence electrons. The molecule has 0 aromatic heterocycles. The summed E-state index contributed by atoms with van der Waals surface area (Å²) in [6.07, 6.45) is 0.585. The highest BCUT2D eigenvalue weighted by Crippen LogP contribution is 2.20. The van der Waals surface area contributed by atoms with Crippen LogP contribution in [-0.2, 0) is 11.3 Å². The summed E-state index contributed by atoms with van der Waals surface area (Å²) in [6.45, 7) is 2.83. The number of hydrogen-bond donors (Lipinski definition) is 2. The van der Waals surface area contributed by atoms with Gasteiger partial charge in [0.25, 0.3) is 5.69 Å². The Morgan fingerprint density at radius 1 is 1.53 bits per heavy atom. The van der Waals surface area contributed by atoms with Gasteiger partial charge < -0.3 is 15.2 Å². The van der Waals surface area contributed by atoms with Gasteiger partial charge in [-0.15, -0.1) is 0 Å². The number of hydrogen-bond acceptors (Lipinski definition) is 5. The molecule has 0 heterocycles. The number of ether oxygens (including phenoxy) is 1. The molecular weight excluding hydrogens is 248 g/mol. The predicted octanol–water partition coefficient (Wildman–Crippen LogP) is 1.39. The second-order valence-electron chi connectivity index (χ2n) is 4.36. The molecule has 0 radical (unpaired) electrons. The molecule has 1 rings (SSSR count). The highest BCUT2D eigenvalue weighted by molar-refractivity contribution is 5.44. The molecule has 0 amide bonds. The largest absolute Gasteiger partial charge is 0.396 e. The van der Waals surface area contributed by atoms with Gasteiger partial charge in [0.05, 0.1) is 11.5 Å². The maximum absolute atomic E-state index is 10.8. The van der Waals surface area contributed by atoms with E-state index in [2.05, 4.69) is 5.32 Å². The summed E-state index contributed by atoms with van der Waals surface area (Å²) in [4.78, 5) is 10.5. The first kappa shape index (κ1) is 15.6. The van der Waals surface area contributed by atoms with Crippen molar-refractivity contribution in [1.82, 2.24) is 5.32 Å². The Kier molecular flexibility index (Phi) is 6.41. The smallest absolute Gasteiger partial charge is 0.272 e. The molecule has 1 unspecified atom stereocenters. The van der Waals surface area contributed by atoms with E-state index in [4.69, 9.17) is 9.84 Å². The number of rotatable bonds is 8. The summed E-state index contributed by atoms with van der Waals surface area (Å²) < 4.78 is 5.06. The summed E-state index contributed by atoms with van der Waals surface area (Å²) in [7, 11) is 1.60. The van der Waals surface area contributed by atoms with Gasteiger partial charge in [-0.1, -0.05) is 12.1 Å². The van der Waals surface area contributed by atoms with Crippen LogP contribution in [0.5, 0.6) is 0 Å². The fourth-order valence-electron chi connectivity index (χ4n) is 1.91. The molecule has 0 saturated heterocycles. The van der Waals surface area contributed by atoms with Crippen LogP contribution in [-0.4, -0.2) is 36.4 Å². The van der Waals surface area contributed by atoms with Crippen LogP contribution in [0.25, 0.3) is 0 Å². The number of nitro groups is 1. The van der Waals surface area contributed by atoms with Crippen LogP contribution in [0.1, 0.15) is 17.5 Å². The number of methoxy groups -OCH3 is 1. The zero-order valence-corrected chi connectivity index (χ0v) is 11.3. The lowest BCUT2D eigenvalue weighted by atomic mass is 10.1. The van der Waals surface area contributed by atoms with Crippen molar-refractivity contribution in [2.75, 3.05) is 20.3 Å². The van der Waals surface area contributed by atoms with Crippen molar-refractivity contribution in [3.05, 3.63) is 39.4 Å². The zero-order chi connectivity index (χ0) is 14.3. The van der Waals surface area contributed by atoms with E-state index in [0.717, 1.165) is 5.56 Å².